The van der Waals surface area contributed by atoms with Crippen molar-refractivity contribution in [2.24, 2.45) is 0 Å². The average molecular weight is 376 g/mol. The molecule has 28 heavy (non-hydrogen) atoms. The van der Waals surface area contributed by atoms with Crippen LogP contribution in [0.15, 0.2) is 54.9 Å². The van der Waals surface area contributed by atoms with Crippen molar-refractivity contribution in [1.29, 1.82) is 0 Å². The predicted molar refractivity (Wildman–Crippen MR) is 108 cm³/mol. The zero-order valence-corrected chi connectivity index (χ0v) is 16.0. The maximum absolute atomic E-state index is 6.04. The van der Waals surface area contributed by atoms with Gasteiger partial charge in [0.15, 0.2) is 11.5 Å². The van der Waals surface area contributed by atoms with Crippen LogP contribution in [0.5, 0.6) is 11.5 Å². The largest absolute Gasteiger partial charge is 0.493 e. The third kappa shape index (κ3) is 4.07. The molecule has 3 aromatic rings. The van der Waals surface area contributed by atoms with Crippen LogP contribution in [0.25, 0.3) is 0 Å². The molecular weight excluding hydrogens is 352 g/mol. The van der Waals surface area contributed by atoms with Gasteiger partial charge < -0.3 is 15.2 Å². The van der Waals surface area contributed by atoms with Gasteiger partial charge in [0.2, 0.25) is 0 Å². The van der Waals surface area contributed by atoms with Crippen molar-refractivity contribution < 1.29 is 9.47 Å². The molecule has 0 unspecified atom stereocenters. The summed E-state index contributed by atoms with van der Waals surface area (Å²) >= 11 is 0. The SMILES string of the molecule is COc1ccc(CN2CCc3c(N)ncnc3C2)cc1OCc1ccccc1. The van der Waals surface area contributed by atoms with Crippen molar-refractivity contribution in [3.05, 3.63) is 77.2 Å². The van der Waals surface area contributed by atoms with E-state index in [1.807, 2.05) is 24.3 Å². The summed E-state index contributed by atoms with van der Waals surface area (Å²) < 4.78 is 11.5. The Kier molecular flexibility index (Phi) is 5.39. The van der Waals surface area contributed by atoms with E-state index in [9.17, 15) is 0 Å². The highest BCUT2D eigenvalue weighted by atomic mass is 16.5. The molecule has 0 amide bonds. The van der Waals surface area contributed by atoms with Crippen LogP contribution in [0.1, 0.15) is 22.4 Å². The second kappa shape index (κ2) is 8.27. The number of hydrogen-bond acceptors (Lipinski definition) is 6. The Hall–Kier alpha value is -3.12. The molecule has 0 radical (unpaired) electrons. The molecule has 144 valence electrons. The van der Waals surface area contributed by atoms with E-state index < -0.39 is 0 Å². The number of hydrogen-bond donors (Lipinski definition) is 1. The molecule has 0 bridgehead atoms. The molecule has 0 aliphatic carbocycles. The number of aromatic nitrogens is 2. The number of nitrogen functional groups attached to an aromatic ring is 1. The third-order valence-corrected chi connectivity index (χ3v) is 4.99. The molecule has 2 heterocycles. The molecule has 0 atom stereocenters. The number of benzene rings is 2. The zero-order valence-electron chi connectivity index (χ0n) is 16.0. The minimum atomic E-state index is 0.508. The number of ether oxygens (including phenoxy) is 2. The van der Waals surface area contributed by atoms with Crippen LogP contribution in [-0.4, -0.2) is 28.5 Å². The molecule has 0 saturated heterocycles. The van der Waals surface area contributed by atoms with Gasteiger partial charge in [-0.2, -0.15) is 0 Å². The first-order valence-corrected chi connectivity index (χ1v) is 9.37. The minimum absolute atomic E-state index is 0.508. The summed E-state index contributed by atoms with van der Waals surface area (Å²) in [4.78, 5) is 10.9. The van der Waals surface area contributed by atoms with Crippen LogP contribution >= 0.6 is 0 Å². The van der Waals surface area contributed by atoms with Gasteiger partial charge in [-0.25, -0.2) is 9.97 Å². The highest BCUT2D eigenvalue weighted by Crippen LogP contribution is 2.30. The number of anilines is 1. The molecule has 2 aromatic carbocycles. The Morgan fingerprint density at radius 1 is 1.04 bits per heavy atom. The number of nitrogens with zero attached hydrogens (tertiary/aromatic N) is 3. The molecule has 1 aliphatic heterocycles. The maximum Gasteiger partial charge on any atom is 0.161 e. The first-order valence-electron chi connectivity index (χ1n) is 9.37. The zero-order chi connectivity index (χ0) is 19.3. The van der Waals surface area contributed by atoms with E-state index in [4.69, 9.17) is 15.2 Å². The highest BCUT2D eigenvalue weighted by molar-refractivity contribution is 5.44. The van der Waals surface area contributed by atoms with E-state index in [1.54, 1.807) is 13.4 Å². The Balaban J connectivity index is 1.46. The molecule has 4 rings (SSSR count). The van der Waals surface area contributed by atoms with Crippen LogP contribution in [0.4, 0.5) is 5.82 Å². The van der Waals surface area contributed by atoms with Gasteiger partial charge in [-0.1, -0.05) is 36.4 Å². The van der Waals surface area contributed by atoms with Gasteiger partial charge in [0.05, 0.1) is 12.8 Å². The highest BCUT2D eigenvalue weighted by Gasteiger charge is 2.20. The topological polar surface area (TPSA) is 73.5 Å². The Morgan fingerprint density at radius 3 is 2.71 bits per heavy atom. The lowest BCUT2D eigenvalue weighted by Gasteiger charge is -2.28. The Bertz CT molecular complexity index is 947. The van der Waals surface area contributed by atoms with Crippen molar-refractivity contribution in [2.45, 2.75) is 26.1 Å². The van der Waals surface area contributed by atoms with Crippen molar-refractivity contribution in [2.75, 3.05) is 19.4 Å². The molecule has 6 heteroatoms. The average Bonchev–Trinajstić information content (AvgIpc) is 2.73. The summed E-state index contributed by atoms with van der Waals surface area (Å²) in [7, 11) is 1.66. The fourth-order valence-electron chi connectivity index (χ4n) is 3.49. The van der Waals surface area contributed by atoms with Crippen molar-refractivity contribution in [3.63, 3.8) is 0 Å². The monoisotopic (exact) mass is 376 g/mol. The predicted octanol–water partition coefficient (Wildman–Crippen LogP) is 3.20. The van der Waals surface area contributed by atoms with E-state index in [0.717, 1.165) is 54.4 Å². The minimum Gasteiger partial charge on any atom is -0.493 e. The summed E-state index contributed by atoms with van der Waals surface area (Å²) in [6, 6.07) is 16.2. The van der Waals surface area contributed by atoms with Crippen LogP contribution in [-0.2, 0) is 26.1 Å². The van der Waals surface area contributed by atoms with Crippen molar-refractivity contribution in [3.8, 4) is 11.5 Å². The fraction of sp³-hybridized carbons (Fsp3) is 0.273. The second-order valence-electron chi connectivity index (χ2n) is 6.90. The van der Waals surface area contributed by atoms with E-state index in [0.29, 0.717) is 12.4 Å². The van der Waals surface area contributed by atoms with E-state index in [1.165, 1.54) is 5.56 Å². The van der Waals surface area contributed by atoms with Gasteiger partial charge in [0.1, 0.15) is 18.8 Å². The standard InChI is InChI=1S/C22H24N4O2/c1-27-20-8-7-17(11-21(20)28-14-16-5-3-2-4-6-16)12-26-10-9-18-19(13-26)24-15-25-22(18)23/h2-8,11,15H,9-10,12-14H2,1H3,(H2,23,24,25). The van der Waals surface area contributed by atoms with E-state index in [2.05, 4.69) is 39.1 Å². The molecular formula is C22H24N4O2. The van der Waals surface area contributed by atoms with Gasteiger partial charge in [-0.05, 0) is 29.7 Å². The van der Waals surface area contributed by atoms with Gasteiger partial charge in [-0.3, -0.25) is 4.90 Å². The van der Waals surface area contributed by atoms with Gasteiger partial charge >= 0.3 is 0 Å². The molecule has 1 aromatic heterocycles. The molecule has 2 N–H and O–H groups in total. The van der Waals surface area contributed by atoms with Crippen LogP contribution < -0.4 is 15.2 Å². The third-order valence-electron chi connectivity index (χ3n) is 4.99. The van der Waals surface area contributed by atoms with E-state index in [-0.39, 0.29) is 0 Å². The smallest absolute Gasteiger partial charge is 0.161 e. The lowest BCUT2D eigenvalue weighted by molar-refractivity contribution is 0.240. The molecule has 1 aliphatic rings. The number of rotatable bonds is 6. The van der Waals surface area contributed by atoms with Gasteiger partial charge in [0.25, 0.3) is 0 Å². The lowest BCUT2D eigenvalue weighted by Crippen LogP contribution is -2.31. The summed E-state index contributed by atoms with van der Waals surface area (Å²) in [6.07, 6.45) is 2.41. The Morgan fingerprint density at radius 2 is 1.89 bits per heavy atom. The van der Waals surface area contributed by atoms with Gasteiger partial charge in [0, 0.05) is 25.2 Å². The molecule has 0 spiro atoms. The number of nitrogens with two attached hydrogens (primary N) is 1. The molecule has 0 saturated carbocycles. The van der Waals surface area contributed by atoms with E-state index >= 15 is 0 Å². The normalized spacial score (nSPS) is 13.8. The van der Waals surface area contributed by atoms with Crippen LogP contribution in [0.2, 0.25) is 0 Å². The number of methoxy groups -OCH3 is 1. The summed E-state index contributed by atoms with van der Waals surface area (Å²) in [5.74, 6) is 2.10. The van der Waals surface area contributed by atoms with Gasteiger partial charge in [-0.15, -0.1) is 0 Å². The molecule has 0 fully saturated rings. The van der Waals surface area contributed by atoms with Crippen molar-refractivity contribution >= 4 is 5.82 Å². The van der Waals surface area contributed by atoms with Crippen molar-refractivity contribution in [1.82, 2.24) is 14.9 Å². The number of fused-ring (bicyclic) bond motifs is 1. The summed E-state index contributed by atoms with van der Waals surface area (Å²) in [6.45, 7) is 3.02. The Labute approximate surface area is 164 Å². The second-order valence-corrected chi connectivity index (χ2v) is 6.90. The van der Waals surface area contributed by atoms with Crippen LogP contribution in [0.3, 0.4) is 0 Å². The first kappa shape index (κ1) is 18.3. The molecule has 6 nitrogen and oxygen atoms in total. The summed E-state index contributed by atoms with van der Waals surface area (Å²) in [5.41, 5.74) is 10.4. The lowest BCUT2D eigenvalue weighted by atomic mass is 10.0. The fourth-order valence-corrected chi connectivity index (χ4v) is 3.49. The van der Waals surface area contributed by atoms with Crippen LogP contribution in [0, 0.1) is 0 Å². The maximum atomic E-state index is 6.04. The quantitative estimate of drug-likeness (QED) is 0.712. The first-order chi connectivity index (χ1) is 13.7. The summed E-state index contributed by atoms with van der Waals surface area (Å²) in [5, 5.41) is 0.